The van der Waals surface area contributed by atoms with Gasteiger partial charge in [-0.15, -0.1) is 0 Å². The van der Waals surface area contributed by atoms with Crippen molar-refractivity contribution in [2.75, 3.05) is 4.90 Å². The van der Waals surface area contributed by atoms with Gasteiger partial charge in [-0.25, -0.2) is 0 Å². The Bertz CT molecular complexity index is 1590. The number of hydrogen-bond acceptors (Lipinski definition) is 1. The Balaban J connectivity index is 1.62. The summed E-state index contributed by atoms with van der Waals surface area (Å²) in [6.45, 7) is 6.42. The van der Waals surface area contributed by atoms with Gasteiger partial charge in [-0.1, -0.05) is 140 Å². The van der Waals surface area contributed by atoms with E-state index in [9.17, 15) is 4.79 Å². The molecule has 5 aromatic carbocycles. The van der Waals surface area contributed by atoms with Gasteiger partial charge in [0.25, 0.3) is 0 Å². The Morgan fingerprint density at radius 1 is 0.634 bits per heavy atom. The fourth-order valence-electron chi connectivity index (χ4n) is 6.64. The lowest BCUT2D eigenvalue weighted by atomic mass is 9.64. The van der Waals surface area contributed by atoms with Crippen LogP contribution in [0.25, 0.3) is 5.57 Å². The number of fused-ring (bicyclic) bond motifs is 1. The lowest BCUT2D eigenvalue weighted by Crippen LogP contribution is -2.49. The molecule has 0 radical (unpaired) electrons. The van der Waals surface area contributed by atoms with Crippen LogP contribution in [0.4, 0.5) is 5.69 Å². The maximum absolute atomic E-state index is 14.1. The van der Waals surface area contributed by atoms with Crippen LogP contribution in [0.2, 0.25) is 0 Å². The number of carbonyl (C=O) groups excluding carboxylic acids is 1. The predicted molar refractivity (Wildman–Crippen MR) is 170 cm³/mol. The number of carbonyl (C=O) groups is 1. The van der Waals surface area contributed by atoms with Gasteiger partial charge in [0, 0.05) is 5.56 Å². The molecular weight excluding hydrogens is 498 g/mol. The summed E-state index contributed by atoms with van der Waals surface area (Å²) in [6.07, 6.45) is 2.57. The highest BCUT2D eigenvalue weighted by Gasteiger charge is 2.41. The number of rotatable bonds is 6. The number of anilines is 1. The highest BCUT2D eigenvalue weighted by atomic mass is 16.2. The molecule has 0 bridgehead atoms. The molecule has 41 heavy (non-hydrogen) atoms. The van der Waals surface area contributed by atoms with Gasteiger partial charge >= 0.3 is 0 Å². The summed E-state index contributed by atoms with van der Waals surface area (Å²) in [5, 5.41) is 0. The molecule has 0 N–H and O–H groups in total. The summed E-state index contributed by atoms with van der Waals surface area (Å²) >= 11 is 0. The summed E-state index contributed by atoms with van der Waals surface area (Å²) < 4.78 is 0. The van der Waals surface area contributed by atoms with Crippen molar-refractivity contribution in [2.45, 2.75) is 38.1 Å². The van der Waals surface area contributed by atoms with E-state index in [0.29, 0.717) is 6.42 Å². The van der Waals surface area contributed by atoms with Crippen LogP contribution in [0.15, 0.2) is 146 Å². The van der Waals surface area contributed by atoms with E-state index in [2.05, 4.69) is 136 Å². The number of amides is 1. The zero-order chi connectivity index (χ0) is 28.5. The van der Waals surface area contributed by atoms with Crippen LogP contribution in [-0.2, 0) is 16.6 Å². The van der Waals surface area contributed by atoms with Crippen LogP contribution < -0.4 is 4.90 Å². The molecule has 1 aliphatic heterocycles. The number of allylic oxidation sites excluding steroid dienone is 1. The SMILES string of the molecule is CC1=CC(C)(C)N(C(=O)Cc2ccccc2)c2cc(C(c3ccccc3)(c3ccccc3)c3ccccc3)ccc21. The van der Waals surface area contributed by atoms with Crippen LogP contribution in [0, 0.1) is 0 Å². The van der Waals surface area contributed by atoms with Crippen molar-refractivity contribution in [3.63, 3.8) is 0 Å². The summed E-state index contributed by atoms with van der Waals surface area (Å²) in [7, 11) is 0. The molecule has 0 saturated heterocycles. The molecule has 0 fully saturated rings. The van der Waals surface area contributed by atoms with Crippen LogP contribution >= 0.6 is 0 Å². The van der Waals surface area contributed by atoms with Gasteiger partial charge in [-0.3, -0.25) is 4.79 Å². The van der Waals surface area contributed by atoms with Crippen molar-refractivity contribution in [3.8, 4) is 0 Å². The van der Waals surface area contributed by atoms with E-state index in [1.807, 2.05) is 35.2 Å². The van der Waals surface area contributed by atoms with Crippen molar-refractivity contribution in [3.05, 3.63) is 179 Å². The Hall–Kier alpha value is -4.69. The first-order chi connectivity index (χ1) is 19.9. The normalized spacial score (nSPS) is 14.2. The lowest BCUT2D eigenvalue weighted by Gasteiger charge is -2.43. The molecule has 2 nitrogen and oxygen atoms in total. The van der Waals surface area contributed by atoms with Crippen molar-refractivity contribution in [1.82, 2.24) is 0 Å². The summed E-state index contributed by atoms with van der Waals surface area (Å²) in [4.78, 5) is 16.1. The fourth-order valence-corrected chi connectivity index (χ4v) is 6.64. The van der Waals surface area contributed by atoms with Crippen molar-refractivity contribution < 1.29 is 4.79 Å². The molecular formula is C39H35NO. The smallest absolute Gasteiger partial charge is 0.232 e. The molecule has 0 saturated carbocycles. The Labute approximate surface area is 243 Å². The number of hydrogen-bond donors (Lipinski definition) is 0. The van der Waals surface area contributed by atoms with E-state index in [4.69, 9.17) is 0 Å². The maximum atomic E-state index is 14.1. The van der Waals surface area contributed by atoms with E-state index in [1.165, 1.54) is 22.3 Å². The van der Waals surface area contributed by atoms with Gasteiger partial charge < -0.3 is 4.90 Å². The monoisotopic (exact) mass is 533 g/mol. The molecule has 0 unspecified atom stereocenters. The highest BCUT2D eigenvalue weighted by Crippen LogP contribution is 2.48. The van der Waals surface area contributed by atoms with E-state index in [0.717, 1.165) is 22.4 Å². The fraction of sp³-hybridized carbons (Fsp3) is 0.154. The van der Waals surface area contributed by atoms with Crippen LogP contribution in [0.5, 0.6) is 0 Å². The Morgan fingerprint density at radius 3 is 1.59 bits per heavy atom. The quantitative estimate of drug-likeness (QED) is 0.200. The number of nitrogens with zero attached hydrogens (tertiary/aromatic N) is 1. The van der Waals surface area contributed by atoms with Crippen molar-refractivity contribution >= 4 is 17.2 Å². The average molecular weight is 534 g/mol. The van der Waals surface area contributed by atoms with Gasteiger partial charge in [-0.2, -0.15) is 0 Å². The largest absolute Gasteiger partial charge is 0.302 e. The van der Waals surface area contributed by atoms with E-state index in [1.54, 1.807) is 0 Å². The average Bonchev–Trinajstić information content (AvgIpc) is 2.99. The highest BCUT2D eigenvalue weighted by molar-refractivity contribution is 6.01. The van der Waals surface area contributed by atoms with Crippen molar-refractivity contribution in [1.29, 1.82) is 0 Å². The third kappa shape index (κ3) is 4.70. The third-order valence-corrected chi connectivity index (χ3v) is 8.31. The van der Waals surface area contributed by atoms with Crippen LogP contribution in [0.3, 0.4) is 0 Å². The molecule has 0 aliphatic carbocycles. The molecule has 1 heterocycles. The molecule has 0 spiro atoms. The molecule has 5 aromatic rings. The summed E-state index contributed by atoms with van der Waals surface area (Å²) in [5.74, 6) is 0.0908. The van der Waals surface area contributed by atoms with E-state index < -0.39 is 11.0 Å². The number of benzene rings is 5. The van der Waals surface area contributed by atoms with Gasteiger partial charge in [0.05, 0.1) is 23.1 Å². The zero-order valence-corrected chi connectivity index (χ0v) is 23.9. The van der Waals surface area contributed by atoms with E-state index >= 15 is 0 Å². The Kier molecular flexibility index (Phi) is 6.93. The van der Waals surface area contributed by atoms with Gasteiger partial charge in [-0.05, 0) is 60.2 Å². The summed E-state index contributed by atoms with van der Waals surface area (Å²) in [6, 6.07) is 48.9. The van der Waals surface area contributed by atoms with Gasteiger partial charge in [0.15, 0.2) is 0 Å². The van der Waals surface area contributed by atoms with Crippen molar-refractivity contribution in [2.24, 2.45) is 0 Å². The second-order valence-corrected chi connectivity index (χ2v) is 11.5. The molecule has 2 heteroatoms. The standard InChI is InChI=1S/C39H35NO/c1-29-28-38(2,3)40(37(41)26-30-16-8-4-9-17-30)36-27-34(24-25-35(29)36)39(31-18-10-5-11-19-31,32-20-12-6-13-21-32)33-22-14-7-15-23-33/h4-25,27-28H,26H2,1-3H3. The third-order valence-electron chi connectivity index (χ3n) is 8.31. The van der Waals surface area contributed by atoms with E-state index in [-0.39, 0.29) is 5.91 Å². The first-order valence-electron chi connectivity index (χ1n) is 14.3. The Morgan fingerprint density at radius 2 is 1.10 bits per heavy atom. The topological polar surface area (TPSA) is 20.3 Å². The van der Waals surface area contributed by atoms with Gasteiger partial charge in [0.2, 0.25) is 5.91 Å². The zero-order valence-electron chi connectivity index (χ0n) is 23.9. The minimum absolute atomic E-state index is 0.0908. The second kappa shape index (κ2) is 10.7. The minimum atomic E-state index is -0.577. The van der Waals surface area contributed by atoms with Crippen LogP contribution in [-0.4, -0.2) is 11.4 Å². The molecule has 1 amide bonds. The predicted octanol–water partition coefficient (Wildman–Crippen LogP) is 8.84. The molecule has 1 aliphatic rings. The molecule has 6 rings (SSSR count). The summed E-state index contributed by atoms with van der Waals surface area (Å²) in [5.41, 5.74) is 7.88. The first kappa shape index (κ1) is 26.5. The molecule has 0 atom stereocenters. The lowest BCUT2D eigenvalue weighted by molar-refractivity contribution is -0.118. The first-order valence-corrected chi connectivity index (χ1v) is 14.3. The molecule has 202 valence electrons. The second-order valence-electron chi connectivity index (χ2n) is 11.5. The minimum Gasteiger partial charge on any atom is -0.302 e. The molecule has 0 aromatic heterocycles. The maximum Gasteiger partial charge on any atom is 0.232 e. The van der Waals surface area contributed by atoms with Gasteiger partial charge in [0.1, 0.15) is 0 Å². The van der Waals surface area contributed by atoms with Crippen LogP contribution in [0.1, 0.15) is 54.2 Å².